The van der Waals surface area contributed by atoms with Gasteiger partial charge in [-0.2, -0.15) is 0 Å². The molecule has 0 unspecified atom stereocenters. The summed E-state index contributed by atoms with van der Waals surface area (Å²) in [6, 6.07) is 9.59. The van der Waals surface area contributed by atoms with Crippen molar-refractivity contribution >= 4 is 39.7 Å². The maximum Gasteiger partial charge on any atom is 0.286 e. The molecule has 1 amide bonds. The Balaban J connectivity index is 1.89. The van der Waals surface area contributed by atoms with Crippen molar-refractivity contribution in [2.45, 2.75) is 6.92 Å². The Hall–Kier alpha value is -3.21. The highest BCUT2D eigenvalue weighted by Gasteiger charge is 2.26. The van der Waals surface area contributed by atoms with Gasteiger partial charge in [0.1, 0.15) is 12.2 Å². The van der Waals surface area contributed by atoms with Gasteiger partial charge in [0.05, 0.1) is 30.4 Å². The molecule has 0 aliphatic rings. The second kappa shape index (κ2) is 10.4. The Morgan fingerprint density at radius 2 is 1.91 bits per heavy atom. The minimum Gasteiger partial charge on any atom is -0.493 e. The molecule has 2 aromatic carbocycles. The summed E-state index contributed by atoms with van der Waals surface area (Å²) in [6.07, 6.45) is 0. The van der Waals surface area contributed by atoms with Crippen molar-refractivity contribution in [1.82, 2.24) is 4.98 Å². The number of carbonyl (C=O) groups is 1. The molecule has 0 saturated carbocycles. The van der Waals surface area contributed by atoms with Gasteiger partial charge in [0.2, 0.25) is 0 Å². The Bertz CT molecular complexity index is 1130. The summed E-state index contributed by atoms with van der Waals surface area (Å²) in [5, 5.41) is 15.2. The van der Waals surface area contributed by atoms with E-state index in [-0.39, 0.29) is 23.7 Å². The first-order valence-corrected chi connectivity index (χ1v) is 10.6. The minimum absolute atomic E-state index is 0.142. The third-order valence-corrected chi connectivity index (χ3v) is 5.54. The number of nitrogens with zero attached hydrogens (tertiary/aromatic N) is 2. The second-order valence-electron chi connectivity index (χ2n) is 6.50. The van der Waals surface area contributed by atoms with Gasteiger partial charge in [-0.3, -0.25) is 20.2 Å². The number of aryl methyl sites for hydroxylation is 1. The van der Waals surface area contributed by atoms with E-state index in [1.165, 1.54) is 31.6 Å². The molecule has 0 spiro atoms. The number of hydrogen-bond donors (Lipinski definition) is 1. The summed E-state index contributed by atoms with van der Waals surface area (Å²) in [5.74, 6) is -0.355. The monoisotopic (exact) mass is 477 g/mol. The van der Waals surface area contributed by atoms with E-state index in [1.807, 2.05) is 19.1 Å². The third kappa shape index (κ3) is 5.34. The Morgan fingerprint density at radius 1 is 1.19 bits per heavy atom. The number of aromatic nitrogens is 1. The molecule has 3 aromatic rings. The van der Waals surface area contributed by atoms with Gasteiger partial charge in [-0.25, -0.2) is 4.98 Å². The molecule has 0 aliphatic heterocycles. The van der Waals surface area contributed by atoms with E-state index in [0.717, 1.165) is 16.5 Å². The maximum atomic E-state index is 12.9. The van der Waals surface area contributed by atoms with Gasteiger partial charge in [0, 0.05) is 28.6 Å². The smallest absolute Gasteiger partial charge is 0.286 e. The zero-order valence-electron chi connectivity index (χ0n) is 17.5. The van der Waals surface area contributed by atoms with Crippen LogP contribution in [0.25, 0.3) is 11.3 Å². The quantitative estimate of drug-likeness (QED) is 0.263. The minimum atomic E-state index is -0.685. The van der Waals surface area contributed by atoms with Gasteiger partial charge in [-0.05, 0) is 19.1 Å². The highest BCUT2D eigenvalue weighted by Crippen LogP contribution is 2.36. The first-order chi connectivity index (χ1) is 15.3. The summed E-state index contributed by atoms with van der Waals surface area (Å²) >= 11 is 7.20. The number of benzene rings is 2. The van der Waals surface area contributed by atoms with Gasteiger partial charge in [-0.15, -0.1) is 11.3 Å². The number of halogens is 1. The van der Waals surface area contributed by atoms with Gasteiger partial charge in [-0.1, -0.05) is 23.7 Å². The number of carbonyl (C=O) groups excluding carboxylic acids is 1. The maximum absolute atomic E-state index is 12.9. The van der Waals surface area contributed by atoms with Crippen LogP contribution < -0.4 is 14.8 Å². The number of thiazole rings is 1. The molecule has 3 rings (SSSR count). The lowest BCUT2D eigenvalue weighted by molar-refractivity contribution is -0.385. The fourth-order valence-corrected chi connectivity index (χ4v) is 3.84. The number of methoxy groups -OCH3 is 2. The zero-order valence-corrected chi connectivity index (χ0v) is 19.1. The number of nitro groups is 1. The topological polar surface area (TPSA) is 113 Å². The number of ether oxygens (including phenoxy) is 3. The van der Waals surface area contributed by atoms with E-state index in [0.29, 0.717) is 22.5 Å². The summed E-state index contributed by atoms with van der Waals surface area (Å²) in [6.45, 7) is 2.33. The van der Waals surface area contributed by atoms with E-state index in [1.54, 1.807) is 12.1 Å². The normalized spacial score (nSPS) is 10.6. The molecule has 0 radical (unpaired) electrons. The standard InChI is InChI=1S/C21H20ClN3O6S/c1-12-19(13-4-6-14(22)7-5-13)23-21(32-12)24-20(26)15-10-17(30-3)18(31-9-8-29-2)11-16(15)25(27)28/h4-7,10-11H,8-9H2,1-3H3,(H,23,24,26). The molecule has 9 nitrogen and oxygen atoms in total. The Morgan fingerprint density at radius 3 is 2.53 bits per heavy atom. The van der Waals surface area contributed by atoms with Gasteiger partial charge < -0.3 is 14.2 Å². The molecule has 0 aliphatic carbocycles. The summed E-state index contributed by atoms with van der Waals surface area (Å²) in [4.78, 5) is 29.2. The van der Waals surface area contributed by atoms with Crippen molar-refractivity contribution in [2.75, 3.05) is 32.8 Å². The fourth-order valence-electron chi connectivity index (χ4n) is 2.88. The van der Waals surface area contributed by atoms with E-state index in [2.05, 4.69) is 10.3 Å². The summed E-state index contributed by atoms with van der Waals surface area (Å²) in [7, 11) is 2.89. The Labute approximate surface area is 193 Å². The molecule has 0 atom stereocenters. The van der Waals surface area contributed by atoms with Crippen molar-refractivity contribution in [3.05, 3.63) is 62.0 Å². The highest BCUT2D eigenvalue weighted by molar-refractivity contribution is 7.16. The third-order valence-electron chi connectivity index (χ3n) is 4.40. The fraction of sp³-hybridized carbons (Fsp3) is 0.238. The summed E-state index contributed by atoms with van der Waals surface area (Å²) in [5.41, 5.74) is 0.943. The predicted molar refractivity (Wildman–Crippen MR) is 122 cm³/mol. The largest absolute Gasteiger partial charge is 0.493 e. The van der Waals surface area contributed by atoms with Gasteiger partial charge in [0.15, 0.2) is 16.6 Å². The number of nitrogens with one attached hydrogen (secondary N) is 1. The van der Waals surface area contributed by atoms with Crippen LogP contribution >= 0.6 is 22.9 Å². The number of rotatable bonds is 9. The zero-order chi connectivity index (χ0) is 23.3. The average molecular weight is 478 g/mol. The van der Waals surface area contributed by atoms with Crippen molar-refractivity contribution in [3.8, 4) is 22.8 Å². The number of anilines is 1. The first-order valence-electron chi connectivity index (χ1n) is 9.37. The molecule has 11 heteroatoms. The van der Waals surface area contributed by atoms with Crippen LogP contribution in [0.1, 0.15) is 15.2 Å². The molecule has 32 heavy (non-hydrogen) atoms. The van der Waals surface area contributed by atoms with Gasteiger partial charge in [0.25, 0.3) is 11.6 Å². The lowest BCUT2D eigenvalue weighted by atomic mass is 10.1. The molecule has 1 heterocycles. The molecule has 0 fully saturated rings. The highest BCUT2D eigenvalue weighted by atomic mass is 35.5. The van der Waals surface area contributed by atoms with Crippen LogP contribution in [0.3, 0.4) is 0 Å². The van der Waals surface area contributed by atoms with Crippen LogP contribution in [-0.2, 0) is 4.74 Å². The van der Waals surface area contributed by atoms with Crippen molar-refractivity contribution in [3.63, 3.8) is 0 Å². The second-order valence-corrected chi connectivity index (χ2v) is 8.14. The predicted octanol–water partition coefficient (Wildman–Crippen LogP) is 4.97. The molecular weight excluding hydrogens is 458 g/mol. The molecule has 1 N–H and O–H groups in total. The van der Waals surface area contributed by atoms with E-state index in [9.17, 15) is 14.9 Å². The van der Waals surface area contributed by atoms with E-state index >= 15 is 0 Å². The van der Waals surface area contributed by atoms with Crippen molar-refractivity contribution in [2.24, 2.45) is 0 Å². The van der Waals surface area contributed by atoms with E-state index in [4.69, 9.17) is 25.8 Å². The van der Waals surface area contributed by atoms with Crippen LogP contribution in [-0.4, -0.2) is 43.2 Å². The molecule has 1 aromatic heterocycles. The van der Waals surface area contributed by atoms with Crippen LogP contribution in [0, 0.1) is 17.0 Å². The number of hydrogen-bond acceptors (Lipinski definition) is 8. The average Bonchev–Trinajstić information content (AvgIpc) is 3.13. The van der Waals surface area contributed by atoms with Crippen LogP contribution in [0.5, 0.6) is 11.5 Å². The lowest BCUT2D eigenvalue weighted by Gasteiger charge is -2.12. The number of amides is 1. The summed E-state index contributed by atoms with van der Waals surface area (Å²) < 4.78 is 15.6. The molecular formula is C21H20ClN3O6S. The van der Waals surface area contributed by atoms with Crippen LogP contribution in [0.2, 0.25) is 5.02 Å². The molecule has 0 saturated heterocycles. The number of nitro benzene ring substituents is 1. The molecule has 168 valence electrons. The Kier molecular flexibility index (Phi) is 7.62. The lowest BCUT2D eigenvalue weighted by Crippen LogP contribution is -2.15. The van der Waals surface area contributed by atoms with Gasteiger partial charge >= 0.3 is 0 Å². The molecule has 0 bridgehead atoms. The van der Waals surface area contributed by atoms with Crippen LogP contribution in [0.15, 0.2) is 36.4 Å². The van der Waals surface area contributed by atoms with Crippen molar-refractivity contribution in [1.29, 1.82) is 0 Å². The SMILES string of the molecule is COCCOc1cc([N+](=O)[O-])c(C(=O)Nc2nc(-c3ccc(Cl)cc3)c(C)s2)cc1OC. The first kappa shape index (κ1) is 23.5. The van der Waals surface area contributed by atoms with Crippen LogP contribution in [0.4, 0.5) is 10.8 Å². The van der Waals surface area contributed by atoms with Crippen molar-refractivity contribution < 1.29 is 23.9 Å². The van der Waals surface area contributed by atoms with E-state index < -0.39 is 16.5 Å².